The van der Waals surface area contributed by atoms with E-state index in [1.807, 2.05) is 80.2 Å². The molecular weight excluding hydrogens is 917 g/mol. The number of benzene rings is 2. The van der Waals surface area contributed by atoms with Crippen molar-refractivity contribution < 1.29 is 68.3 Å². The summed E-state index contributed by atoms with van der Waals surface area (Å²) in [6, 6.07) is 13.6. The maximum Gasteiger partial charge on any atom is 0.319 e. The van der Waals surface area contributed by atoms with Gasteiger partial charge in [0.1, 0.15) is 35.8 Å². The standard InChI is InChI=1S/C53H86N4O14/c1-15-41-53(10,64)45(59)34(6)57(22-21-54-50(62)55-38-24-37(25-39(26-38)65-13)36-19-17-16-18-20-36)29-30(2)27-51(8,63)47(71-49-43(58)40(56(11)12)23-31(3)67-49)32(4)44(33(5)48(61)69-41)70-42-28-52(9,66-14)46(60)35(7)68-42/h16-20,24-26,30-35,40-47,49,58-60,63-64H,15,21-23,27-29H2,1-14H3,(H2,54,55,62)/t30-,31-,32-,33-,34-,35+,40+,41-,42-,43-,44-,45-,46+,47+,49+,51-,52-,53-/m1/s1. The molecule has 7 N–H and O–H groups in total. The summed E-state index contributed by atoms with van der Waals surface area (Å²) < 4.78 is 43.7. The van der Waals surface area contributed by atoms with Crippen LogP contribution >= 0.6 is 0 Å². The Balaban J connectivity index is 1.49. The summed E-state index contributed by atoms with van der Waals surface area (Å²) in [5.74, 6) is -2.44. The molecule has 2 aromatic rings. The number of nitrogens with zero attached hydrogens (tertiary/aromatic N) is 2. The number of anilines is 1. The molecule has 2 aromatic carbocycles. The van der Waals surface area contributed by atoms with Gasteiger partial charge in [-0.2, -0.15) is 0 Å². The third kappa shape index (κ3) is 14.2. The fourth-order valence-corrected chi connectivity index (χ4v) is 11.0. The van der Waals surface area contributed by atoms with Crippen LogP contribution in [0.15, 0.2) is 48.5 Å². The van der Waals surface area contributed by atoms with E-state index in [-0.39, 0.29) is 57.0 Å². The Morgan fingerprint density at radius 3 is 2.20 bits per heavy atom. The fourth-order valence-electron chi connectivity index (χ4n) is 11.0. The summed E-state index contributed by atoms with van der Waals surface area (Å²) in [5, 5.41) is 66.0. The quantitative estimate of drug-likeness (QED) is 0.134. The minimum absolute atomic E-state index is 0.0876. The normalized spacial score (nSPS) is 39.2. The first-order valence-electron chi connectivity index (χ1n) is 25.3. The number of hydrogen-bond acceptors (Lipinski definition) is 16. The van der Waals surface area contributed by atoms with E-state index >= 15 is 0 Å². The lowest BCUT2D eigenvalue weighted by molar-refractivity contribution is -0.318. The monoisotopic (exact) mass is 1000 g/mol. The highest BCUT2D eigenvalue weighted by Crippen LogP contribution is 2.40. The molecule has 0 aliphatic carbocycles. The summed E-state index contributed by atoms with van der Waals surface area (Å²) in [4.78, 5) is 31.9. The molecule has 2 amide bonds. The number of aliphatic hydroxyl groups excluding tert-OH is 3. The van der Waals surface area contributed by atoms with Crippen LogP contribution in [0.4, 0.5) is 10.5 Å². The van der Waals surface area contributed by atoms with Gasteiger partial charge in [-0.15, -0.1) is 0 Å². The smallest absolute Gasteiger partial charge is 0.319 e. The van der Waals surface area contributed by atoms with Crippen molar-refractivity contribution in [3.8, 4) is 16.9 Å². The van der Waals surface area contributed by atoms with Crippen LogP contribution in [0.3, 0.4) is 0 Å². The van der Waals surface area contributed by atoms with Crippen molar-refractivity contribution in [2.45, 2.75) is 185 Å². The number of carbonyl (C=O) groups excluding carboxylic acids is 2. The number of esters is 1. The molecule has 71 heavy (non-hydrogen) atoms. The van der Waals surface area contributed by atoms with Crippen LogP contribution in [0.2, 0.25) is 0 Å². The van der Waals surface area contributed by atoms with Crippen molar-refractivity contribution in [2.75, 3.05) is 53.3 Å². The molecule has 0 aromatic heterocycles. The summed E-state index contributed by atoms with van der Waals surface area (Å²) in [6.07, 6.45) is -9.37. The molecule has 3 aliphatic rings. The molecule has 18 atom stereocenters. The van der Waals surface area contributed by atoms with Crippen molar-refractivity contribution in [3.05, 3.63) is 48.5 Å². The molecule has 3 heterocycles. The predicted molar refractivity (Wildman–Crippen MR) is 269 cm³/mol. The number of cyclic esters (lactones) is 1. The Morgan fingerprint density at radius 2 is 1.58 bits per heavy atom. The van der Waals surface area contributed by atoms with Gasteiger partial charge in [0.05, 0.1) is 48.6 Å². The molecule has 3 aliphatic heterocycles. The van der Waals surface area contributed by atoms with Gasteiger partial charge in [-0.25, -0.2) is 4.79 Å². The Morgan fingerprint density at radius 1 is 0.901 bits per heavy atom. The largest absolute Gasteiger partial charge is 0.497 e. The first-order valence-corrected chi connectivity index (χ1v) is 25.3. The first kappa shape index (κ1) is 58.4. The predicted octanol–water partition coefficient (Wildman–Crippen LogP) is 4.77. The lowest BCUT2D eigenvalue weighted by atomic mass is 9.77. The lowest BCUT2D eigenvalue weighted by Gasteiger charge is -2.48. The summed E-state index contributed by atoms with van der Waals surface area (Å²) in [6.45, 7) is 17.9. The van der Waals surface area contributed by atoms with Crippen molar-refractivity contribution in [1.82, 2.24) is 15.1 Å². The summed E-state index contributed by atoms with van der Waals surface area (Å²) >= 11 is 0. The van der Waals surface area contributed by atoms with Crippen molar-refractivity contribution in [1.29, 1.82) is 0 Å². The van der Waals surface area contributed by atoms with Gasteiger partial charge in [-0.05, 0) is 111 Å². The molecular formula is C53H86N4O14. The van der Waals surface area contributed by atoms with E-state index in [2.05, 4.69) is 10.6 Å². The summed E-state index contributed by atoms with van der Waals surface area (Å²) in [5.41, 5.74) is -2.41. The van der Waals surface area contributed by atoms with E-state index in [1.54, 1.807) is 61.6 Å². The Labute approximate surface area is 421 Å². The van der Waals surface area contributed by atoms with E-state index < -0.39 is 102 Å². The maximum atomic E-state index is 14.6. The third-order valence-corrected chi connectivity index (χ3v) is 15.2. The molecule has 3 saturated heterocycles. The second-order valence-corrected chi connectivity index (χ2v) is 21.4. The van der Waals surface area contributed by atoms with Crippen LogP contribution < -0.4 is 15.4 Å². The Hall–Kier alpha value is -3.50. The van der Waals surface area contributed by atoms with Gasteiger partial charge in [0.2, 0.25) is 0 Å². The molecule has 0 bridgehead atoms. The van der Waals surface area contributed by atoms with Crippen LogP contribution in [0, 0.1) is 17.8 Å². The number of nitrogens with one attached hydrogen (secondary N) is 2. The zero-order valence-electron chi connectivity index (χ0n) is 44.5. The average molecular weight is 1000 g/mol. The fraction of sp³-hybridized carbons (Fsp3) is 0.736. The first-order chi connectivity index (χ1) is 33.3. The number of amides is 2. The van der Waals surface area contributed by atoms with E-state index in [0.29, 0.717) is 17.9 Å². The SMILES string of the molecule is CC[C@H]1OC(=O)[C@H](C)[C@H](O[C@@H]2C[C@@](C)(OC)[C@@H](O)[C@H](C)O2)[C@@H](C)[C@H](O[C@@H]2O[C@H](C)C[C@H](N(C)C)[C@H]2O)[C@](C)(O)C[C@@H](C)CN(CCNC(=O)Nc2cc(OC)cc(-c3ccccc3)c2)[C@H](C)[C@@H](O)[C@]1(C)O. The van der Waals surface area contributed by atoms with E-state index in [4.69, 9.17) is 33.2 Å². The minimum atomic E-state index is -1.97. The van der Waals surface area contributed by atoms with E-state index in [9.17, 15) is 35.1 Å². The number of hydrogen-bond donors (Lipinski definition) is 7. The van der Waals surface area contributed by atoms with Gasteiger partial charge in [-0.1, -0.05) is 51.1 Å². The summed E-state index contributed by atoms with van der Waals surface area (Å²) in [7, 11) is 6.80. The van der Waals surface area contributed by atoms with Gasteiger partial charge in [0.25, 0.3) is 0 Å². The number of rotatable bonds is 13. The van der Waals surface area contributed by atoms with Gasteiger partial charge in [-0.3, -0.25) is 9.69 Å². The lowest BCUT2D eigenvalue weighted by Crippen LogP contribution is -2.60. The zero-order chi connectivity index (χ0) is 52.7. The number of urea groups is 1. The average Bonchev–Trinajstić information content (AvgIpc) is 3.32. The molecule has 18 nitrogen and oxygen atoms in total. The third-order valence-electron chi connectivity index (χ3n) is 15.2. The molecule has 0 saturated carbocycles. The second kappa shape index (κ2) is 24.7. The molecule has 402 valence electrons. The van der Waals surface area contributed by atoms with Crippen LogP contribution in [-0.2, 0) is 33.2 Å². The van der Waals surface area contributed by atoms with E-state index in [1.165, 1.54) is 14.0 Å². The Bertz CT molecular complexity index is 2010. The zero-order valence-corrected chi connectivity index (χ0v) is 44.5. The highest BCUT2D eigenvalue weighted by atomic mass is 16.7. The number of ether oxygens (including phenoxy) is 7. The van der Waals surface area contributed by atoms with Gasteiger partial charge in [0, 0.05) is 62.9 Å². The molecule has 5 rings (SSSR count). The van der Waals surface area contributed by atoms with E-state index in [0.717, 1.165) is 11.1 Å². The number of methoxy groups -OCH3 is 2. The maximum absolute atomic E-state index is 14.6. The molecule has 3 fully saturated rings. The van der Waals surface area contributed by atoms with Crippen molar-refractivity contribution in [3.63, 3.8) is 0 Å². The Kier molecular flexibility index (Phi) is 20.3. The molecule has 0 unspecified atom stereocenters. The minimum Gasteiger partial charge on any atom is -0.497 e. The number of carbonyl (C=O) groups is 2. The van der Waals surface area contributed by atoms with Crippen LogP contribution in [-0.4, -0.2) is 186 Å². The van der Waals surface area contributed by atoms with Gasteiger partial charge in [0.15, 0.2) is 12.6 Å². The van der Waals surface area contributed by atoms with Crippen molar-refractivity contribution >= 4 is 17.7 Å². The topological polar surface area (TPSA) is 230 Å². The number of aliphatic hydroxyl groups is 5. The number of likely N-dealkylation sites (N-methyl/N-ethyl adjacent to an activating group) is 1. The second-order valence-electron chi connectivity index (χ2n) is 21.4. The van der Waals surface area contributed by atoms with Crippen molar-refractivity contribution in [2.24, 2.45) is 17.8 Å². The van der Waals surface area contributed by atoms with Crippen LogP contribution in [0.1, 0.15) is 94.9 Å². The molecule has 0 radical (unpaired) electrons. The van der Waals surface area contributed by atoms with Crippen LogP contribution in [0.25, 0.3) is 11.1 Å². The molecule has 18 heteroatoms. The molecule has 0 spiro atoms. The van der Waals surface area contributed by atoms with Crippen LogP contribution in [0.5, 0.6) is 5.75 Å². The van der Waals surface area contributed by atoms with Gasteiger partial charge < -0.3 is 74.2 Å². The highest BCUT2D eigenvalue weighted by Gasteiger charge is 2.53. The van der Waals surface area contributed by atoms with Gasteiger partial charge >= 0.3 is 12.0 Å². The highest BCUT2D eigenvalue weighted by molar-refractivity contribution is 5.90.